The average Bonchev–Trinajstić information content (AvgIpc) is 3.15. The van der Waals surface area contributed by atoms with E-state index in [0.717, 1.165) is 5.56 Å². The highest BCUT2D eigenvalue weighted by molar-refractivity contribution is 5.78. The van der Waals surface area contributed by atoms with Gasteiger partial charge in [0.25, 0.3) is 12.3 Å². The molecule has 1 aromatic heterocycles. The fourth-order valence-electron chi connectivity index (χ4n) is 2.72. The van der Waals surface area contributed by atoms with E-state index in [4.69, 9.17) is 14.6 Å². The summed E-state index contributed by atoms with van der Waals surface area (Å²) in [6, 6.07) is 7.94. The van der Waals surface area contributed by atoms with Crippen molar-refractivity contribution >= 4 is 5.91 Å². The Hall–Kier alpha value is -2.81. The summed E-state index contributed by atoms with van der Waals surface area (Å²) >= 11 is 0. The van der Waals surface area contributed by atoms with Crippen LogP contribution in [0.3, 0.4) is 0 Å². The van der Waals surface area contributed by atoms with Crippen molar-refractivity contribution in [1.29, 1.82) is 0 Å². The number of ether oxygens (including phenoxy) is 2. The number of hydrogen-bond acceptors (Lipinski definition) is 6. The smallest absolute Gasteiger partial charge is 0.269 e. The first-order valence-electron chi connectivity index (χ1n) is 8.43. The summed E-state index contributed by atoms with van der Waals surface area (Å²) < 4.78 is 36.9. The number of amides is 1. The molecule has 2 heterocycles. The molecule has 0 bridgehead atoms. The monoisotopic (exact) mass is 379 g/mol. The first-order valence-corrected chi connectivity index (χ1v) is 8.43. The summed E-state index contributed by atoms with van der Waals surface area (Å²) in [4.78, 5) is 13.8. The van der Waals surface area contributed by atoms with Crippen molar-refractivity contribution in [2.24, 2.45) is 0 Å². The van der Waals surface area contributed by atoms with Gasteiger partial charge in [-0.3, -0.25) is 4.79 Å². The lowest BCUT2D eigenvalue weighted by molar-refractivity contribution is -0.132. The van der Waals surface area contributed by atoms with Crippen molar-refractivity contribution in [3.8, 4) is 11.6 Å². The number of likely N-dealkylation sites (tertiary alicyclic amines) is 1. The zero-order chi connectivity index (χ0) is 19.2. The number of nitrogens with zero attached hydrogens (tertiary/aromatic N) is 3. The first-order chi connectivity index (χ1) is 13.1. The number of halogens is 2. The molecule has 2 aromatic rings. The van der Waals surface area contributed by atoms with Gasteiger partial charge in [-0.25, -0.2) is 8.78 Å². The maximum atomic E-state index is 13.0. The van der Waals surface area contributed by atoms with E-state index in [1.807, 2.05) is 0 Å². The fourth-order valence-corrected chi connectivity index (χ4v) is 2.72. The quantitative estimate of drug-likeness (QED) is 0.792. The molecule has 0 aliphatic carbocycles. The standard InChI is InChI=1S/C18H19F2N3O4/c19-17(20)15-5-7-21-22-18(15)27-14-6-8-23(9-14)16(25)11-26-13-3-1-12(10-24)2-4-13/h1-5,7,14,17,24H,6,8-11H2. The largest absolute Gasteiger partial charge is 0.484 e. The number of rotatable bonds is 7. The van der Waals surface area contributed by atoms with Crippen LogP contribution >= 0.6 is 0 Å². The minimum absolute atomic E-state index is 0.0621. The van der Waals surface area contributed by atoms with Crippen molar-refractivity contribution in [3.05, 3.63) is 47.7 Å². The number of hydrogen-bond donors (Lipinski definition) is 1. The molecule has 1 aliphatic heterocycles. The van der Waals surface area contributed by atoms with E-state index in [1.54, 1.807) is 29.2 Å². The van der Waals surface area contributed by atoms with Gasteiger partial charge in [0.1, 0.15) is 11.9 Å². The molecule has 1 fully saturated rings. The van der Waals surface area contributed by atoms with Gasteiger partial charge in [-0.1, -0.05) is 12.1 Å². The molecule has 3 rings (SSSR count). The molecule has 1 N–H and O–H groups in total. The first kappa shape index (κ1) is 19.0. The molecule has 0 radical (unpaired) electrons. The third kappa shape index (κ3) is 4.88. The molecule has 7 nitrogen and oxygen atoms in total. The van der Waals surface area contributed by atoms with E-state index in [9.17, 15) is 13.6 Å². The van der Waals surface area contributed by atoms with E-state index < -0.39 is 12.5 Å². The fraction of sp³-hybridized carbons (Fsp3) is 0.389. The third-order valence-electron chi connectivity index (χ3n) is 4.20. The van der Waals surface area contributed by atoms with Gasteiger partial charge in [0, 0.05) is 13.0 Å². The SMILES string of the molecule is O=C(COc1ccc(CO)cc1)N1CCC(Oc2nnccc2C(F)F)C1. The van der Waals surface area contributed by atoms with Crippen molar-refractivity contribution in [1.82, 2.24) is 15.1 Å². The number of aliphatic hydroxyl groups excluding tert-OH is 1. The molecule has 0 saturated carbocycles. The number of alkyl halides is 2. The Bertz CT molecular complexity index is 773. The predicted octanol–water partition coefficient (Wildman–Crippen LogP) is 1.97. The average molecular weight is 379 g/mol. The number of carbonyl (C=O) groups excluding carboxylic acids is 1. The highest BCUT2D eigenvalue weighted by Crippen LogP contribution is 2.28. The minimum atomic E-state index is -2.71. The van der Waals surface area contributed by atoms with Crippen LogP contribution in [0.15, 0.2) is 36.5 Å². The normalized spacial score (nSPS) is 16.6. The molecule has 27 heavy (non-hydrogen) atoms. The second-order valence-electron chi connectivity index (χ2n) is 6.05. The van der Waals surface area contributed by atoms with Crippen molar-refractivity contribution in [2.75, 3.05) is 19.7 Å². The van der Waals surface area contributed by atoms with Crippen molar-refractivity contribution < 1.29 is 28.2 Å². The van der Waals surface area contributed by atoms with Crippen LogP contribution in [0.25, 0.3) is 0 Å². The summed E-state index contributed by atoms with van der Waals surface area (Å²) in [7, 11) is 0. The molecule has 1 saturated heterocycles. The molecule has 144 valence electrons. The molecule has 1 amide bonds. The van der Waals surface area contributed by atoms with Gasteiger partial charge in [-0.05, 0) is 23.8 Å². The summed E-state index contributed by atoms with van der Waals surface area (Å²) in [6.07, 6.45) is -1.44. The Morgan fingerprint density at radius 1 is 1.30 bits per heavy atom. The Morgan fingerprint density at radius 2 is 2.07 bits per heavy atom. The molecule has 1 aromatic carbocycles. The maximum absolute atomic E-state index is 13.0. The summed E-state index contributed by atoms with van der Waals surface area (Å²) in [5.74, 6) is 0.0984. The van der Waals surface area contributed by atoms with Crippen LogP contribution in [-0.4, -0.2) is 51.9 Å². The lowest BCUT2D eigenvalue weighted by Crippen LogP contribution is -2.34. The molecule has 0 spiro atoms. The number of carbonyl (C=O) groups is 1. The minimum Gasteiger partial charge on any atom is -0.484 e. The molecular formula is C18H19F2N3O4. The predicted molar refractivity (Wildman–Crippen MR) is 90.5 cm³/mol. The van der Waals surface area contributed by atoms with Crippen LogP contribution in [0.1, 0.15) is 24.0 Å². The summed E-state index contributed by atoms with van der Waals surface area (Å²) in [5, 5.41) is 16.2. The van der Waals surface area contributed by atoms with E-state index in [1.165, 1.54) is 12.3 Å². The molecule has 1 aliphatic rings. The van der Waals surface area contributed by atoms with E-state index in [0.29, 0.717) is 18.7 Å². The number of benzene rings is 1. The second-order valence-corrected chi connectivity index (χ2v) is 6.05. The topological polar surface area (TPSA) is 84.8 Å². The van der Waals surface area contributed by atoms with Crippen molar-refractivity contribution in [3.63, 3.8) is 0 Å². The number of aromatic nitrogens is 2. The van der Waals surface area contributed by atoms with Crippen LogP contribution < -0.4 is 9.47 Å². The van der Waals surface area contributed by atoms with E-state index in [-0.39, 0.29) is 37.1 Å². The van der Waals surface area contributed by atoms with Crippen molar-refractivity contribution in [2.45, 2.75) is 25.6 Å². The van der Waals surface area contributed by atoms with Gasteiger partial charge < -0.3 is 19.5 Å². The van der Waals surface area contributed by atoms with Crippen LogP contribution in [0.4, 0.5) is 8.78 Å². The van der Waals surface area contributed by atoms with Crippen LogP contribution in [0, 0.1) is 0 Å². The highest BCUT2D eigenvalue weighted by Gasteiger charge is 2.29. The Labute approximate surface area is 154 Å². The van der Waals surface area contributed by atoms with Crippen LogP contribution in [0.2, 0.25) is 0 Å². The molecular weight excluding hydrogens is 360 g/mol. The maximum Gasteiger partial charge on any atom is 0.269 e. The Kier molecular flexibility index (Phi) is 6.12. The zero-order valence-corrected chi connectivity index (χ0v) is 14.4. The third-order valence-corrected chi connectivity index (χ3v) is 4.20. The number of aliphatic hydroxyl groups is 1. The van der Waals surface area contributed by atoms with Gasteiger partial charge in [0.05, 0.1) is 24.9 Å². The molecule has 1 unspecified atom stereocenters. The van der Waals surface area contributed by atoms with E-state index in [2.05, 4.69) is 10.2 Å². The highest BCUT2D eigenvalue weighted by atomic mass is 19.3. The van der Waals surface area contributed by atoms with Crippen LogP contribution in [0.5, 0.6) is 11.6 Å². The van der Waals surface area contributed by atoms with Gasteiger partial charge in [-0.2, -0.15) is 5.10 Å². The van der Waals surface area contributed by atoms with Gasteiger partial charge in [-0.15, -0.1) is 5.10 Å². The Morgan fingerprint density at radius 3 is 2.78 bits per heavy atom. The zero-order valence-electron chi connectivity index (χ0n) is 14.4. The van der Waals surface area contributed by atoms with Gasteiger partial charge in [0.15, 0.2) is 6.61 Å². The summed E-state index contributed by atoms with van der Waals surface area (Å²) in [6.45, 7) is 0.511. The second kappa shape index (κ2) is 8.72. The molecule has 9 heteroatoms. The Balaban J connectivity index is 1.50. The van der Waals surface area contributed by atoms with Gasteiger partial charge in [0.2, 0.25) is 5.88 Å². The lowest BCUT2D eigenvalue weighted by atomic mass is 10.2. The van der Waals surface area contributed by atoms with Gasteiger partial charge >= 0.3 is 0 Å². The van der Waals surface area contributed by atoms with E-state index >= 15 is 0 Å². The van der Waals surface area contributed by atoms with Crippen LogP contribution in [-0.2, 0) is 11.4 Å². The molecule has 1 atom stereocenters. The lowest BCUT2D eigenvalue weighted by Gasteiger charge is -2.18. The summed E-state index contributed by atoms with van der Waals surface area (Å²) in [5.41, 5.74) is 0.435.